The molecule has 0 spiro atoms. The molecule has 0 radical (unpaired) electrons. The van der Waals surface area contributed by atoms with Gasteiger partial charge in [-0.15, -0.1) is 0 Å². The van der Waals surface area contributed by atoms with Crippen LogP contribution in [-0.4, -0.2) is 39.0 Å². The standard InChI is InChI=1S/C8H18N2O3/c1-3-7(6-12-2)10-4-5-13-8(9)11/h7,10H,3-6H2,1-2H3,(H2,9,11). The van der Waals surface area contributed by atoms with E-state index in [2.05, 4.69) is 17.0 Å². The first kappa shape index (κ1) is 12.2. The van der Waals surface area contributed by atoms with Crippen molar-refractivity contribution in [1.29, 1.82) is 0 Å². The Labute approximate surface area is 78.6 Å². The van der Waals surface area contributed by atoms with Crippen LogP contribution in [0.2, 0.25) is 0 Å². The number of primary amides is 1. The third-order valence-electron chi connectivity index (χ3n) is 1.64. The highest BCUT2D eigenvalue weighted by Gasteiger charge is 2.03. The summed E-state index contributed by atoms with van der Waals surface area (Å²) in [6.45, 7) is 3.62. The van der Waals surface area contributed by atoms with Gasteiger partial charge in [-0.25, -0.2) is 4.79 Å². The van der Waals surface area contributed by atoms with Crippen LogP contribution in [-0.2, 0) is 9.47 Å². The molecule has 0 aliphatic rings. The predicted octanol–water partition coefficient (Wildman–Crippen LogP) is 0.0963. The molecule has 0 aromatic heterocycles. The number of nitrogens with two attached hydrogens (primary N) is 1. The molecule has 1 amide bonds. The van der Waals surface area contributed by atoms with Gasteiger partial charge in [-0.1, -0.05) is 6.92 Å². The van der Waals surface area contributed by atoms with E-state index in [4.69, 9.17) is 10.5 Å². The van der Waals surface area contributed by atoms with Crippen LogP contribution in [0.5, 0.6) is 0 Å². The van der Waals surface area contributed by atoms with E-state index in [0.29, 0.717) is 25.8 Å². The van der Waals surface area contributed by atoms with Crippen molar-refractivity contribution in [2.45, 2.75) is 19.4 Å². The molecule has 13 heavy (non-hydrogen) atoms. The maximum atomic E-state index is 10.2. The van der Waals surface area contributed by atoms with E-state index in [0.717, 1.165) is 6.42 Å². The van der Waals surface area contributed by atoms with Crippen molar-refractivity contribution < 1.29 is 14.3 Å². The first-order valence-corrected chi connectivity index (χ1v) is 4.35. The minimum atomic E-state index is -0.735. The first-order chi connectivity index (χ1) is 6.20. The van der Waals surface area contributed by atoms with Gasteiger partial charge in [-0.3, -0.25) is 0 Å². The molecule has 1 unspecified atom stereocenters. The van der Waals surface area contributed by atoms with Crippen molar-refractivity contribution in [2.75, 3.05) is 26.9 Å². The topological polar surface area (TPSA) is 73.6 Å². The molecular formula is C8H18N2O3. The summed E-state index contributed by atoms with van der Waals surface area (Å²) in [7, 11) is 1.66. The fourth-order valence-corrected chi connectivity index (χ4v) is 0.937. The Bertz CT molecular complexity index is 141. The lowest BCUT2D eigenvalue weighted by Crippen LogP contribution is -2.35. The predicted molar refractivity (Wildman–Crippen MR) is 49.5 cm³/mol. The van der Waals surface area contributed by atoms with Crippen molar-refractivity contribution >= 4 is 6.09 Å². The van der Waals surface area contributed by atoms with Gasteiger partial charge >= 0.3 is 6.09 Å². The lowest BCUT2D eigenvalue weighted by molar-refractivity contribution is 0.143. The highest BCUT2D eigenvalue weighted by molar-refractivity contribution is 5.64. The normalized spacial score (nSPS) is 12.5. The Morgan fingerprint density at radius 1 is 1.62 bits per heavy atom. The molecule has 0 aromatic rings. The van der Waals surface area contributed by atoms with Gasteiger partial charge in [0.05, 0.1) is 6.61 Å². The van der Waals surface area contributed by atoms with E-state index in [1.54, 1.807) is 7.11 Å². The number of methoxy groups -OCH3 is 1. The van der Waals surface area contributed by atoms with Crippen LogP contribution in [0.4, 0.5) is 4.79 Å². The van der Waals surface area contributed by atoms with Gasteiger partial charge in [-0.2, -0.15) is 0 Å². The van der Waals surface area contributed by atoms with Crippen molar-refractivity contribution in [2.24, 2.45) is 5.73 Å². The number of hydrogen-bond acceptors (Lipinski definition) is 4. The summed E-state index contributed by atoms with van der Waals surface area (Å²) in [5.41, 5.74) is 4.79. The Morgan fingerprint density at radius 2 is 2.31 bits per heavy atom. The molecule has 0 saturated carbocycles. The van der Waals surface area contributed by atoms with Crippen molar-refractivity contribution in [3.05, 3.63) is 0 Å². The summed E-state index contributed by atoms with van der Waals surface area (Å²) in [6, 6.07) is 0.307. The average Bonchev–Trinajstić information content (AvgIpc) is 2.10. The number of nitrogens with one attached hydrogen (secondary N) is 1. The zero-order chi connectivity index (χ0) is 10.1. The van der Waals surface area contributed by atoms with Gasteiger partial charge in [0.25, 0.3) is 0 Å². The third-order valence-corrected chi connectivity index (χ3v) is 1.64. The molecule has 78 valence electrons. The monoisotopic (exact) mass is 190 g/mol. The van der Waals surface area contributed by atoms with Crippen LogP contribution < -0.4 is 11.1 Å². The summed E-state index contributed by atoms with van der Waals surface area (Å²) < 4.78 is 9.53. The van der Waals surface area contributed by atoms with Crippen molar-refractivity contribution in [3.63, 3.8) is 0 Å². The summed E-state index contributed by atoms with van der Waals surface area (Å²) in [4.78, 5) is 10.2. The summed E-state index contributed by atoms with van der Waals surface area (Å²) >= 11 is 0. The number of hydrogen-bond donors (Lipinski definition) is 2. The minimum absolute atomic E-state index is 0.301. The minimum Gasteiger partial charge on any atom is -0.448 e. The molecule has 0 fully saturated rings. The van der Waals surface area contributed by atoms with Gasteiger partial charge in [0, 0.05) is 19.7 Å². The number of rotatable bonds is 7. The Kier molecular flexibility index (Phi) is 7.33. The number of ether oxygens (including phenoxy) is 2. The second-order valence-electron chi connectivity index (χ2n) is 2.68. The lowest BCUT2D eigenvalue weighted by atomic mass is 10.2. The highest BCUT2D eigenvalue weighted by atomic mass is 16.5. The van der Waals surface area contributed by atoms with Gasteiger partial charge in [0.1, 0.15) is 6.61 Å². The van der Waals surface area contributed by atoms with Crippen LogP contribution >= 0.6 is 0 Å². The van der Waals surface area contributed by atoms with E-state index < -0.39 is 6.09 Å². The molecule has 0 rings (SSSR count). The maximum absolute atomic E-state index is 10.2. The SMILES string of the molecule is CCC(COC)NCCOC(N)=O. The number of amides is 1. The molecule has 0 bridgehead atoms. The molecule has 0 aromatic carbocycles. The van der Waals surface area contributed by atoms with Gasteiger partial charge in [0.2, 0.25) is 0 Å². The third kappa shape index (κ3) is 7.55. The van der Waals surface area contributed by atoms with E-state index in [1.807, 2.05) is 0 Å². The second kappa shape index (κ2) is 7.82. The summed E-state index contributed by atoms with van der Waals surface area (Å²) in [5.74, 6) is 0. The summed E-state index contributed by atoms with van der Waals surface area (Å²) in [5, 5.41) is 3.17. The zero-order valence-electron chi connectivity index (χ0n) is 8.21. The van der Waals surface area contributed by atoms with Crippen molar-refractivity contribution in [3.8, 4) is 0 Å². The quantitative estimate of drug-likeness (QED) is 0.558. The Hall–Kier alpha value is -0.810. The van der Waals surface area contributed by atoms with E-state index in [-0.39, 0.29) is 0 Å². The fourth-order valence-electron chi connectivity index (χ4n) is 0.937. The average molecular weight is 190 g/mol. The Balaban J connectivity index is 3.32. The zero-order valence-corrected chi connectivity index (χ0v) is 8.21. The molecule has 1 atom stereocenters. The van der Waals surface area contributed by atoms with E-state index in [9.17, 15) is 4.79 Å². The van der Waals surface area contributed by atoms with Crippen LogP contribution in [0.25, 0.3) is 0 Å². The number of carbonyl (C=O) groups excluding carboxylic acids is 1. The first-order valence-electron chi connectivity index (χ1n) is 4.35. The van der Waals surface area contributed by atoms with E-state index >= 15 is 0 Å². The van der Waals surface area contributed by atoms with Gasteiger partial charge in [0.15, 0.2) is 0 Å². The van der Waals surface area contributed by atoms with Crippen LogP contribution in [0.15, 0.2) is 0 Å². The van der Waals surface area contributed by atoms with Crippen LogP contribution in [0.1, 0.15) is 13.3 Å². The van der Waals surface area contributed by atoms with Crippen molar-refractivity contribution in [1.82, 2.24) is 5.32 Å². The largest absolute Gasteiger partial charge is 0.448 e. The van der Waals surface area contributed by atoms with Crippen LogP contribution in [0.3, 0.4) is 0 Å². The molecule has 0 aliphatic heterocycles. The molecule has 0 saturated heterocycles. The molecule has 0 heterocycles. The fraction of sp³-hybridized carbons (Fsp3) is 0.875. The maximum Gasteiger partial charge on any atom is 0.404 e. The Morgan fingerprint density at radius 3 is 2.77 bits per heavy atom. The summed E-state index contributed by atoms with van der Waals surface area (Å²) in [6.07, 6.45) is 0.242. The smallest absolute Gasteiger partial charge is 0.404 e. The van der Waals surface area contributed by atoms with E-state index in [1.165, 1.54) is 0 Å². The van der Waals surface area contributed by atoms with Crippen LogP contribution in [0, 0.1) is 0 Å². The lowest BCUT2D eigenvalue weighted by Gasteiger charge is -2.15. The molecule has 0 aliphatic carbocycles. The molecule has 5 heteroatoms. The highest BCUT2D eigenvalue weighted by Crippen LogP contribution is 1.90. The van der Waals surface area contributed by atoms with Gasteiger partial charge in [-0.05, 0) is 6.42 Å². The second-order valence-corrected chi connectivity index (χ2v) is 2.68. The number of carbonyl (C=O) groups is 1. The molecule has 5 nitrogen and oxygen atoms in total. The van der Waals surface area contributed by atoms with Gasteiger partial charge < -0.3 is 20.5 Å². The molecule has 3 N–H and O–H groups in total. The molecular weight excluding hydrogens is 172 g/mol.